The van der Waals surface area contributed by atoms with Gasteiger partial charge in [-0.05, 0) is 38.5 Å². The van der Waals surface area contributed by atoms with E-state index >= 15 is 0 Å². The molecule has 0 aromatic rings. The lowest BCUT2D eigenvalue weighted by molar-refractivity contribution is -0.131. The third-order valence-electron chi connectivity index (χ3n) is 12.9. The third-order valence-corrected chi connectivity index (χ3v) is 12.9. The largest absolute Gasteiger partial charge is 0.394 e. The van der Waals surface area contributed by atoms with Crippen LogP contribution in [0.3, 0.4) is 0 Å². The lowest BCUT2D eigenvalue weighted by Crippen LogP contribution is -2.49. The molecule has 0 saturated carbocycles. The van der Waals surface area contributed by atoms with Gasteiger partial charge in [0.05, 0.1) is 18.8 Å². The molecule has 3 unspecified atom stereocenters. The number of carbonyl (C=O) groups is 1. The quantitative estimate of drug-likeness (QED) is 0.0363. The number of hydrogen-bond acceptors (Lipinski definition) is 4. The molecular formula is C54H107NO4. The van der Waals surface area contributed by atoms with Crippen LogP contribution in [-0.4, -0.2) is 46.1 Å². The molecule has 0 heterocycles. The van der Waals surface area contributed by atoms with Crippen LogP contribution in [0.5, 0.6) is 0 Å². The Labute approximate surface area is 369 Å². The van der Waals surface area contributed by atoms with Gasteiger partial charge in [-0.3, -0.25) is 4.79 Å². The Bertz CT molecular complexity index is 833. The number of amides is 1. The highest BCUT2D eigenvalue weighted by Gasteiger charge is 2.23. The molecule has 0 aliphatic heterocycles. The van der Waals surface area contributed by atoms with Crippen molar-refractivity contribution in [1.82, 2.24) is 5.32 Å². The summed E-state index contributed by atoms with van der Waals surface area (Å²) in [5.41, 5.74) is 0. The zero-order valence-corrected chi connectivity index (χ0v) is 40.2. The first kappa shape index (κ1) is 58.1. The van der Waals surface area contributed by atoms with Crippen LogP contribution in [0.2, 0.25) is 0 Å². The van der Waals surface area contributed by atoms with Gasteiger partial charge in [-0.25, -0.2) is 0 Å². The maximum Gasteiger partial charge on any atom is 0.249 e. The molecule has 3 atom stereocenters. The molecule has 0 aromatic carbocycles. The zero-order chi connectivity index (χ0) is 43.0. The summed E-state index contributed by atoms with van der Waals surface area (Å²) >= 11 is 0. The first-order chi connectivity index (χ1) is 29.1. The van der Waals surface area contributed by atoms with Crippen molar-refractivity contribution in [2.75, 3.05) is 6.61 Å². The summed E-state index contributed by atoms with van der Waals surface area (Å²) in [6, 6.07) is -0.709. The molecule has 0 saturated heterocycles. The van der Waals surface area contributed by atoms with Gasteiger partial charge >= 0.3 is 0 Å². The van der Waals surface area contributed by atoms with Crippen molar-refractivity contribution >= 4 is 5.91 Å². The van der Waals surface area contributed by atoms with Crippen molar-refractivity contribution in [3.8, 4) is 0 Å². The number of allylic oxidation sites excluding steroid dienone is 2. The monoisotopic (exact) mass is 834 g/mol. The average Bonchev–Trinajstić information content (AvgIpc) is 3.24. The van der Waals surface area contributed by atoms with Crippen LogP contribution >= 0.6 is 0 Å². The fraction of sp³-hybridized carbons (Fsp3) is 0.944. The van der Waals surface area contributed by atoms with E-state index in [1.54, 1.807) is 0 Å². The molecule has 352 valence electrons. The fourth-order valence-corrected chi connectivity index (χ4v) is 8.66. The van der Waals surface area contributed by atoms with Gasteiger partial charge < -0.3 is 20.6 Å². The molecule has 0 aliphatic rings. The number of hydrogen-bond donors (Lipinski definition) is 4. The van der Waals surface area contributed by atoms with Crippen LogP contribution in [0.1, 0.15) is 303 Å². The summed E-state index contributed by atoms with van der Waals surface area (Å²) in [6.45, 7) is 4.26. The Morgan fingerprint density at radius 2 is 0.644 bits per heavy atom. The lowest BCUT2D eigenvalue weighted by atomic mass is 10.0. The lowest BCUT2D eigenvalue weighted by Gasteiger charge is -2.23. The minimum Gasteiger partial charge on any atom is -0.394 e. The van der Waals surface area contributed by atoms with Crippen LogP contribution in [-0.2, 0) is 4.79 Å². The minimum absolute atomic E-state index is 0.310. The first-order valence-electron chi connectivity index (χ1n) is 27.0. The summed E-state index contributed by atoms with van der Waals surface area (Å²) in [5.74, 6) is -0.466. The molecular weight excluding hydrogens is 727 g/mol. The van der Waals surface area contributed by atoms with E-state index < -0.39 is 24.2 Å². The predicted octanol–water partition coefficient (Wildman–Crippen LogP) is 16.3. The molecule has 0 radical (unpaired) electrons. The predicted molar refractivity (Wildman–Crippen MR) is 259 cm³/mol. The van der Waals surface area contributed by atoms with Crippen molar-refractivity contribution in [2.24, 2.45) is 0 Å². The van der Waals surface area contributed by atoms with Gasteiger partial charge in [0.25, 0.3) is 0 Å². The Morgan fingerprint density at radius 1 is 0.390 bits per heavy atom. The van der Waals surface area contributed by atoms with Crippen LogP contribution in [0.25, 0.3) is 0 Å². The van der Waals surface area contributed by atoms with Gasteiger partial charge in [-0.15, -0.1) is 0 Å². The van der Waals surface area contributed by atoms with Gasteiger partial charge in [0.2, 0.25) is 5.91 Å². The van der Waals surface area contributed by atoms with E-state index in [-0.39, 0.29) is 6.61 Å². The van der Waals surface area contributed by atoms with Crippen molar-refractivity contribution in [2.45, 2.75) is 321 Å². The van der Waals surface area contributed by atoms with E-state index in [2.05, 4.69) is 31.3 Å². The number of aliphatic hydroxyl groups is 3. The van der Waals surface area contributed by atoms with Crippen LogP contribution in [0.15, 0.2) is 12.2 Å². The van der Waals surface area contributed by atoms with E-state index in [0.29, 0.717) is 12.8 Å². The zero-order valence-electron chi connectivity index (χ0n) is 40.2. The molecule has 0 spiro atoms. The van der Waals surface area contributed by atoms with Gasteiger partial charge in [-0.1, -0.05) is 276 Å². The Balaban J connectivity index is 3.51. The number of carbonyl (C=O) groups excluding carboxylic acids is 1. The van der Waals surface area contributed by atoms with Gasteiger partial charge in [0.15, 0.2) is 0 Å². The number of nitrogens with one attached hydrogen (secondary N) is 1. The maximum atomic E-state index is 12.5. The minimum atomic E-state index is -1.07. The van der Waals surface area contributed by atoms with E-state index in [4.69, 9.17) is 0 Å². The van der Waals surface area contributed by atoms with Crippen molar-refractivity contribution < 1.29 is 20.1 Å². The van der Waals surface area contributed by atoms with E-state index in [0.717, 1.165) is 32.1 Å². The molecule has 0 rings (SSSR count). The summed E-state index contributed by atoms with van der Waals surface area (Å²) in [5, 5.41) is 33.5. The summed E-state index contributed by atoms with van der Waals surface area (Å²) in [4.78, 5) is 12.5. The molecule has 0 aromatic heterocycles. The van der Waals surface area contributed by atoms with Crippen molar-refractivity contribution in [3.05, 3.63) is 12.2 Å². The highest BCUT2D eigenvalue weighted by atomic mass is 16.3. The topological polar surface area (TPSA) is 89.8 Å². The van der Waals surface area contributed by atoms with Gasteiger partial charge in [-0.2, -0.15) is 0 Å². The Hall–Kier alpha value is -0.910. The fourth-order valence-electron chi connectivity index (χ4n) is 8.66. The summed E-state index contributed by atoms with van der Waals surface area (Å²) < 4.78 is 0. The number of unbranched alkanes of at least 4 members (excludes halogenated alkanes) is 40. The molecule has 4 N–H and O–H groups in total. The smallest absolute Gasteiger partial charge is 0.249 e. The first-order valence-corrected chi connectivity index (χ1v) is 27.0. The molecule has 5 heteroatoms. The number of aliphatic hydroxyl groups excluding tert-OH is 3. The standard InChI is InChI=1S/C54H107NO4/c1-3-5-7-9-11-13-15-17-19-21-22-23-24-25-26-27-28-29-30-31-33-35-37-39-41-43-45-47-49-53(58)54(59)55-51(50-56)52(57)48-46-44-42-40-38-36-34-32-20-18-16-14-12-10-8-6-4-2/h25-26,51-53,56-58H,3-24,27-50H2,1-2H3,(H,55,59)/b26-25-. The second-order valence-electron chi connectivity index (χ2n) is 18.8. The Morgan fingerprint density at radius 3 is 0.932 bits per heavy atom. The maximum absolute atomic E-state index is 12.5. The second kappa shape index (κ2) is 49.7. The average molecular weight is 834 g/mol. The SMILES string of the molecule is CCCCCCCCCCCCCC/C=C\CCCCCCCCCCCCCCC(O)C(=O)NC(CO)C(O)CCCCCCCCCCCCCCCCCCC. The highest BCUT2D eigenvalue weighted by molar-refractivity contribution is 5.80. The van der Waals surface area contributed by atoms with Crippen molar-refractivity contribution in [3.63, 3.8) is 0 Å². The van der Waals surface area contributed by atoms with Crippen LogP contribution < -0.4 is 5.32 Å². The highest BCUT2D eigenvalue weighted by Crippen LogP contribution is 2.18. The molecule has 0 aliphatic carbocycles. The summed E-state index contributed by atoms with van der Waals surface area (Å²) in [6.07, 6.45) is 61.0. The Kier molecular flexibility index (Phi) is 49.0. The molecule has 5 nitrogen and oxygen atoms in total. The van der Waals surface area contributed by atoms with E-state index in [9.17, 15) is 20.1 Å². The molecule has 59 heavy (non-hydrogen) atoms. The third kappa shape index (κ3) is 44.9. The normalized spacial score (nSPS) is 13.4. The van der Waals surface area contributed by atoms with Crippen LogP contribution in [0, 0.1) is 0 Å². The molecule has 0 fully saturated rings. The molecule has 0 bridgehead atoms. The second-order valence-corrected chi connectivity index (χ2v) is 18.8. The van der Waals surface area contributed by atoms with Gasteiger partial charge in [0, 0.05) is 0 Å². The van der Waals surface area contributed by atoms with E-state index in [1.807, 2.05) is 0 Å². The van der Waals surface area contributed by atoms with Crippen molar-refractivity contribution in [1.29, 1.82) is 0 Å². The molecule has 1 amide bonds. The summed E-state index contributed by atoms with van der Waals surface area (Å²) in [7, 11) is 0. The number of rotatable bonds is 50. The van der Waals surface area contributed by atoms with Crippen LogP contribution in [0.4, 0.5) is 0 Å². The van der Waals surface area contributed by atoms with Gasteiger partial charge in [0.1, 0.15) is 6.10 Å². The van der Waals surface area contributed by atoms with E-state index in [1.165, 1.54) is 244 Å².